The van der Waals surface area contributed by atoms with Crippen LogP contribution in [-0.4, -0.2) is 61.0 Å². The van der Waals surface area contributed by atoms with Crippen LogP contribution in [0.5, 0.6) is 11.5 Å². The molecular formula is C21H28N2O3. The average Bonchev–Trinajstić information content (AvgIpc) is 3.40. The molecule has 2 saturated heterocycles. The van der Waals surface area contributed by atoms with Gasteiger partial charge in [0, 0.05) is 24.7 Å². The first-order valence-corrected chi connectivity index (χ1v) is 10.2. The van der Waals surface area contributed by atoms with Crippen molar-refractivity contribution < 1.29 is 14.6 Å². The van der Waals surface area contributed by atoms with Crippen molar-refractivity contribution in [3.05, 3.63) is 23.3 Å². The Morgan fingerprint density at radius 1 is 1.35 bits per heavy atom. The number of ether oxygens (including phenoxy) is 2. The summed E-state index contributed by atoms with van der Waals surface area (Å²) in [6.07, 6.45) is 5.41. The summed E-state index contributed by atoms with van der Waals surface area (Å²) in [5.74, 6) is 2.55. The number of likely N-dealkylation sites (tertiary alicyclic amines) is 1. The minimum absolute atomic E-state index is 0.00840. The minimum atomic E-state index is -0.723. The number of nitrogens with one attached hydrogen (secondary N) is 1. The van der Waals surface area contributed by atoms with Crippen LogP contribution in [0.15, 0.2) is 12.1 Å². The van der Waals surface area contributed by atoms with Gasteiger partial charge in [-0.15, -0.1) is 0 Å². The number of hydrogen-bond donors (Lipinski definition) is 2. The lowest BCUT2D eigenvalue weighted by molar-refractivity contribution is -0.162. The molecule has 140 valence electrons. The average molecular weight is 356 g/mol. The van der Waals surface area contributed by atoms with Crippen LogP contribution in [0.2, 0.25) is 0 Å². The van der Waals surface area contributed by atoms with Gasteiger partial charge >= 0.3 is 0 Å². The van der Waals surface area contributed by atoms with Crippen molar-refractivity contribution in [3.8, 4) is 11.5 Å². The summed E-state index contributed by atoms with van der Waals surface area (Å²) < 4.78 is 12.1. The first kappa shape index (κ1) is 15.7. The third-order valence-corrected chi connectivity index (χ3v) is 7.86. The molecule has 3 fully saturated rings. The van der Waals surface area contributed by atoms with E-state index in [0.717, 1.165) is 62.9 Å². The largest absolute Gasteiger partial charge is 0.493 e. The van der Waals surface area contributed by atoms with Gasteiger partial charge < -0.3 is 19.9 Å². The molecule has 4 atom stereocenters. The zero-order valence-corrected chi connectivity index (χ0v) is 15.5. The van der Waals surface area contributed by atoms with Gasteiger partial charge in [-0.25, -0.2) is 0 Å². The van der Waals surface area contributed by atoms with Crippen LogP contribution in [0.3, 0.4) is 0 Å². The Balaban J connectivity index is 1.56. The van der Waals surface area contributed by atoms with Gasteiger partial charge in [-0.1, -0.05) is 6.07 Å². The number of methoxy groups -OCH3 is 1. The number of benzene rings is 1. The van der Waals surface area contributed by atoms with Crippen molar-refractivity contribution in [2.45, 2.75) is 55.3 Å². The Morgan fingerprint density at radius 2 is 2.23 bits per heavy atom. The standard InChI is InChI=1S/C21H28N2O3/c1-25-15-5-4-14-10-16-21(24)6-8-22-11-17-20(21,18(14)19(15)26-17)7-9-23(16)12-13-2-3-13/h4-5,13,16-17,22,24H,2-3,6-12H2,1H3/t16-,17+,20-,21-/m1/s1. The monoisotopic (exact) mass is 356 g/mol. The molecule has 1 spiro atoms. The summed E-state index contributed by atoms with van der Waals surface area (Å²) in [6.45, 7) is 3.88. The normalized spacial score (nSPS) is 40.5. The molecule has 1 aromatic rings. The molecule has 6 rings (SSSR count). The molecule has 5 nitrogen and oxygen atoms in total. The fourth-order valence-electron chi connectivity index (χ4n) is 6.49. The van der Waals surface area contributed by atoms with E-state index in [2.05, 4.69) is 22.3 Å². The fraction of sp³-hybridized carbons (Fsp3) is 0.714. The van der Waals surface area contributed by atoms with Crippen molar-refractivity contribution in [1.82, 2.24) is 10.2 Å². The van der Waals surface area contributed by atoms with Crippen LogP contribution < -0.4 is 14.8 Å². The SMILES string of the molecule is COc1ccc2c3c1O[C@H]1CNCC[C@@]4(O)[C@@H](C2)N(CC2CC2)CC[C@]314. The van der Waals surface area contributed by atoms with Crippen molar-refractivity contribution in [3.63, 3.8) is 0 Å². The van der Waals surface area contributed by atoms with Crippen LogP contribution in [0.4, 0.5) is 0 Å². The molecule has 2 N–H and O–H groups in total. The molecular weight excluding hydrogens is 328 g/mol. The molecule has 0 unspecified atom stereocenters. The van der Waals surface area contributed by atoms with E-state index in [9.17, 15) is 5.11 Å². The Labute approximate surface area is 154 Å². The van der Waals surface area contributed by atoms with Crippen LogP contribution in [-0.2, 0) is 11.8 Å². The highest BCUT2D eigenvalue weighted by Crippen LogP contribution is 2.63. The van der Waals surface area contributed by atoms with E-state index in [-0.39, 0.29) is 17.6 Å². The zero-order chi connectivity index (χ0) is 17.5. The van der Waals surface area contributed by atoms with E-state index >= 15 is 0 Å². The van der Waals surface area contributed by atoms with E-state index < -0.39 is 5.60 Å². The van der Waals surface area contributed by atoms with Gasteiger partial charge in [-0.2, -0.15) is 0 Å². The Kier molecular flexibility index (Phi) is 3.11. The Morgan fingerprint density at radius 3 is 3.04 bits per heavy atom. The maximum atomic E-state index is 12.3. The third-order valence-electron chi connectivity index (χ3n) is 7.86. The predicted octanol–water partition coefficient (Wildman–Crippen LogP) is 1.46. The molecule has 0 aromatic heterocycles. The first-order valence-electron chi connectivity index (χ1n) is 10.2. The van der Waals surface area contributed by atoms with Crippen molar-refractivity contribution in [2.24, 2.45) is 5.92 Å². The summed E-state index contributed by atoms with van der Waals surface area (Å²) in [5, 5.41) is 15.8. The van der Waals surface area contributed by atoms with Crippen LogP contribution in [0.1, 0.15) is 36.8 Å². The van der Waals surface area contributed by atoms with Gasteiger partial charge in [-0.3, -0.25) is 4.90 Å². The zero-order valence-electron chi connectivity index (χ0n) is 15.5. The lowest BCUT2D eigenvalue weighted by Crippen LogP contribution is -2.74. The van der Waals surface area contributed by atoms with Gasteiger partial charge in [0.15, 0.2) is 11.5 Å². The number of aliphatic hydroxyl groups is 1. The number of rotatable bonds is 3. The number of nitrogens with zero attached hydrogens (tertiary/aromatic N) is 1. The summed E-state index contributed by atoms with van der Waals surface area (Å²) in [5.41, 5.74) is 1.60. The molecule has 26 heavy (non-hydrogen) atoms. The van der Waals surface area contributed by atoms with Gasteiger partial charge in [-0.05, 0) is 62.7 Å². The summed E-state index contributed by atoms with van der Waals surface area (Å²) in [6, 6.07) is 4.47. The highest BCUT2D eigenvalue weighted by molar-refractivity contribution is 5.62. The highest BCUT2D eigenvalue weighted by Gasteiger charge is 2.70. The number of piperidine rings is 1. The van der Waals surface area contributed by atoms with Gasteiger partial charge in [0.05, 0.1) is 18.1 Å². The van der Waals surface area contributed by atoms with E-state index in [4.69, 9.17) is 9.47 Å². The second-order valence-corrected chi connectivity index (χ2v) is 9.00. The van der Waals surface area contributed by atoms with E-state index in [1.807, 2.05) is 0 Å². The fourth-order valence-corrected chi connectivity index (χ4v) is 6.49. The second kappa shape index (κ2) is 5.15. The highest BCUT2D eigenvalue weighted by atomic mass is 16.5. The molecule has 5 heteroatoms. The van der Waals surface area contributed by atoms with Gasteiger partial charge in [0.1, 0.15) is 6.10 Å². The van der Waals surface area contributed by atoms with Gasteiger partial charge in [0.25, 0.3) is 0 Å². The minimum Gasteiger partial charge on any atom is -0.493 e. The molecule has 0 amide bonds. The van der Waals surface area contributed by atoms with E-state index in [1.54, 1.807) is 7.11 Å². The molecule has 2 bridgehead atoms. The Bertz CT molecular complexity index is 764. The van der Waals surface area contributed by atoms with Gasteiger partial charge in [0.2, 0.25) is 0 Å². The van der Waals surface area contributed by atoms with Crippen LogP contribution >= 0.6 is 0 Å². The molecule has 3 aliphatic heterocycles. The lowest BCUT2D eigenvalue weighted by atomic mass is 9.52. The topological polar surface area (TPSA) is 54.0 Å². The maximum absolute atomic E-state index is 12.3. The third kappa shape index (κ3) is 1.77. The smallest absolute Gasteiger partial charge is 0.165 e. The van der Waals surface area contributed by atoms with E-state index in [0.29, 0.717) is 0 Å². The first-order chi connectivity index (χ1) is 12.7. The molecule has 0 radical (unpaired) electrons. The summed E-state index contributed by atoms with van der Waals surface area (Å²) >= 11 is 0. The summed E-state index contributed by atoms with van der Waals surface area (Å²) in [4.78, 5) is 2.61. The quantitative estimate of drug-likeness (QED) is 0.859. The summed E-state index contributed by atoms with van der Waals surface area (Å²) in [7, 11) is 1.71. The number of hydrogen-bond acceptors (Lipinski definition) is 5. The van der Waals surface area contributed by atoms with E-state index in [1.165, 1.54) is 24.0 Å². The van der Waals surface area contributed by atoms with Crippen LogP contribution in [0.25, 0.3) is 0 Å². The Hall–Kier alpha value is -1.30. The molecule has 3 heterocycles. The van der Waals surface area contributed by atoms with Crippen molar-refractivity contribution in [2.75, 3.05) is 33.3 Å². The maximum Gasteiger partial charge on any atom is 0.165 e. The molecule has 5 aliphatic rings. The van der Waals surface area contributed by atoms with Crippen molar-refractivity contribution >= 4 is 0 Å². The molecule has 2 aliphatic carbocycles. The molecule has 1 saturated carbocycles. The lowest BCUT2D eigenvalue weighted by Gasteiger charge is -2.60. The van der Waals surface area contributed by atoms with Crippen molar-refractivity contribution in [1.29, 1.82) is 0 Å². The predicted molar refractivity (Wildman–Crippen MR) is 97.9 cm³/mol. The second-order valence-electron chi connectivity index (χ2n) is 9.00. The molecule has 1 aromatic carbocycles. The van der Waals surface area contributed by atoms with Crippen LogP contribution in [0, 0.1) is 5.92 Å².